The fourth-order valence-corrected chi connectivity index (χ4v) is 6.08. The molecule has 0 spiro atoms. The lowest BCUT2D eigenvalue weighted by atomic mass is 9.88. The molecule has 1 amide bonds. The van der Waals surface area contributed by atoms with Crippen LogP contribution in [-0.4, -0.2) is 68.6 Å². The van der Waals surface area contributed by atoms with Gasteiger partial charge in [0.15, 0.2) is 10.7 Å². The van der Waals surface area contributed by atoms with Crippen molar-refractivity contribution in [3.05, 3.63) is 23.7 Å². The van der Waals surface area contributed by atoms with Gasteiger partial charge in [-0.2, -0.15) is 8.78 Å². The maximum absolute atomic E-state index is 14.6. The van der Waals surface area contributed by atoms with E-state index in [1.54, 1.807) is 17.2 Å². The fraction of sp³-hybridized carbons (Fsp3) is 0.542. The molecule has 2 atom stereocenters. The van der Waals surface area contributed by atoms with E-state index in [4.69, 9.17) is 14.5 Å². The zero-order chi connectivity index (χ0) is 26.0. The topological polar surface area (TPSA) is 88.0 Å². The zero-order valence-electron chi connectivity index (χ0n) is 20.6. The molecule has 12 heteroatoms. The van der Waals surface area contributed by atoms with E-state index in [9.17, 15) is 18.7 Å². The van der Waals surface area contributed by atoms with E-state index in [-0.39, 0.29) is 23.9 Å². The van der Waals surface area contributed by atoms with Crippen LogP contribution in [0, 0.1) is 0 Å². The molecule has 3 aromatic rings. The van der Waals surface area contributed by atoms with Gasteiger partial charge in [0, 0.05) is 30.2 Å². The summed E-state index contributed by atoms with van der Waals surface area (Å²) < 4.78 is 40.3. The molecule has 0 aliphatic carbocycles. The quantitative estimate of drug-likeness (QED) is 0.468. The normalized spacial score (nSPS) is 20.4. The Hall–Kier alpha value is -2.57. The van der Waals surface area contributed by atoms with Crippen LogP contribution in [0.1, 0.15) is 41.0 Å². The van der Waals surface area contributed by atoms with Crippen LogP contribution in [-0.2, 0) is 4.74 Å². The molecule has 5 heterocycles. The number of alkyl halides is 2. The molecule has 3 aliphatic heterocycles. The zero-order valence-corrected chi connectivity index (χ0v) is 22.3. The van der Waals surface area contributed by atoms with Gasteiger partial charge in [-0.15, -0.1) is 11.3 Å². The second-order valence-corrected chi connectivity index (χ2v) is 12.5. The number of thiazole rings is 2. The van der Waals surface area contributed by atoms with E-state index in [1.807, 2.05) is 26.2 Å². The van der Waals surface area contributed by atoms with Gasteiger partial charge in [-0.1, -0.05) is 11.3 Å². The molecule has 3 saturated heterocycles. The summed E-state index contributed by atoms with van der Waals surface area (Å²) in [6, 6.07) is 3.13. The molecular weight excluding hydrogens is 510 g/mol. The lowest BCUT2D eigenvalue weighted by molar-refractivity contribution is -0.275. The van der Waals surface area contributed by atoms with E-state index in [0.717, 1.165) is 30.8 Å². The van der Waals surface area contributed by atoms with Crippen molar-refractivity contribution in [2.45, 2.75) is 70.4 Å². The molecule has 3 aliphatic rings. The van der Waals surface area contributed by atoms with Gasteiger partial charge >= 0.3 is 12.2 Å². The highest BCUT2D eigenvalue weighted by Crippen LogP contribution is 2.45. The van der Waals surface area contributed by atoms with Gasteiger partial charge in [-0.3, -0.25) is 4.90 Å². The monoisotopic (exact) mass is 538 g/mol. The van der Waals surface area contributed by atoms with Crippen molar-refractivity contribution in [2.75, 3.05) is 18.0 Å². The predicted octanol–water partition coefficient (Wildman–Crippen LogP) is 5.36. The van der Waals surface area contributed by atoms with Crippen LogP contribution in [0.5, 0.6) is 5.75 Å². The molecular formula is C24H28F2N4O4S2. The van der Waals surface area contributed by atoms with Gasteiger partial charge in [-0.25, -0.2) is 14.8 Å². The molecule has 1 aromatic carbocycles. The number of aromatic nitrogens is 2. The first-order chi connectivity index (χ1) is 16.7. The highest BCUT2D eigenvalue weighted by molar-refractivity contribution is 7.22. The summed E-state index contributed by atoms with van der Waals surface area (Å²) in [5, 5.41) is 13.1. The molecule has 0 radical (unpaired) electrons. The van der Waals surface area contributed by atoms with Crippen molar-refractivity contribution in [3.63, 3.8) is 0 Å². The third kappa shape index (κ3) is 4.50. The first-order valence-electron chi connectivity index (χ1n) is 11.6. The Morgan fingerprint density at radius 3 is 2.44 bits per heavy atom. The number of piperazine rings is 1. The van der Waals surface area contributed by atoms with Crippen molar-refractivity contribution >= 4 is 44.1 Å². The minimum absolute atomic E-state index is 0.000660. The van der Waals surface area contributed by atoms with Gasteiger partial charge in [0.1, 0.15) is 16.4 Å². The number of amides is 1. The highest BCUT2D eigenvalue weighted by Gasteiger charge is 2.50. The number of anilines is 1. The number of hydrogen-bond donors (Lipinski definition) is 1. The SMILES string of the molecule is CC(C)(C)OC(=O)N1C2CC1CN(c1nc3c(-c4nccs4)ccc(OC(F)(F)C(C)(C)O)c3s1)C2. The number of carbonyl (C=O) groups excluding carboxylic acids is 1. The van der Waals surface area contributed by atoms with Crippen molar-refractivity contribution in [1.29, 1.82) is 0 Å². The van der Waals surface area contributed by atoms with E-state index < -0.39 is 17.3 Å². The molecule has 2 aromatic heterocycles. The molecule has 2 unspecified atom stereocenters. The van der Waals surface area contributed by atoms with E-state index in [0.29, 0.717) is 28.4 Å². The van der Waals surface area contributed by atoms with Crippen LogP contribution in [0.4, 0.5) is 18.7 Å². The first-order valence-corrected chi connectivity index (χ1v) is 13.3. The van der Waals surface area contributed by atoms with Crippen molar-refractivity contribution in [2.24, 2.45) is 0 Å². The maximum atomic E-state index is 14.6. The molecule has 6 rings (SSSR count). The summed E-state index contributed by atoms with van der Waals surface area (Å²) in [4.78, 5) is 25.7. The number of benzene rings is 1. The fourth-order valence-electron chi connectivity index (χ4n) is 4.36. The number of rotatable bonds is 5. The number of nitrogens with zero attached hydrogens (tertiary/aromatic N) is 4. The largest absolute Gasteiger partial charge is 0.444 e. The van der Waals surface area contributed by atoms with Gasteiger partial charge < -0.3 is 19.5 Å². The lowest BCUT2D eigenvalue weighted by Crippen LogP contribution is -2.70. The Labute approximate surface area is 215 Å². The first kappa shape index (κ1) is 25.1. The average Bonchev–Trinajstić information content (AvgIpc) is 3.42. The van der Waals surface area contributed by atoms with Crippen LogP contribution in [0.3, 0.4) is 0 Å². The Balaban J connectivity index is 1.46. The van der Waals surface area contributed by atoms with Crippen LogP contribution in [0.15, 0.2) is 23.7 Å². The summed E-state index contributed by atoms with van der Waals surface area (Å²) in [6.45, 7) is 8.67. The number of aliphatic hydroxyl groups is 1. The number of fused-ring (bicyclic) bond motifs is 3. The van der Waals surface area contributed by atoms with Gasteiger partial charge in [-0.05, 0) is 53.2 Å². The smallest absolute Gasteiger partial charge is 0.426 e. The predicted molar refractivity (Wildman–Crippen MR) is 135 cm³/mol. The molecule has 194 valence electrons. The molecule has 2 bridgehead atoms. The molecule has 1 N–H and O–H groups in total. The van der Waals surface area contributed by atoms with Crippen LogP contribution in [0.25, 0.3) is 20.8 Å². The minimum atomic E-state index is -3.81. The van der Waals surface area contributed by atoms with Crippen LogP contribution < -0.4 is 9.64 Å². The van der Waals surface area contributed by atoms with Gasteiger partial charge in [0.25, 0.3) is 0 Å². The Morgan fingerprint density at radius 2 is 1.86 bits per heavy atom. The van der Waals surface area contributed by atoms with E-state index in [1.165, 1.54) is 28.7 Å². The number of halogens is 2. The summed E-state index contributed by atoms with van der Waals surface area (Å²) in [5.41, 5.74) is -1.71. The lowest BCUT2D eigenvalue weighted by Gasteiger charge is -2.55. The highest BCUT2D eigenvalue weighted by atomic mass is 32.1. The summed E-state index contributed by atoms with van der Waals surface area (Å²) >= 11 is 2.68. The molecule has 8 nitrogen and oxygen atoms in total. The maximum Gasteiger partial charge on any atom is 0.426 e. The third-order valence-corrected chi connectivity index (χ3v) is 8.11. The third-order valence-electron chi connectivity index (χ3n) is 6.18. The van der Waals surface area contributed by atoms with Crippen LogP contribution in [0.2, 0.25) is 0 Å². The second-order valence-electron chi connectivity index (χ2n) is 10.6. The number of piperidine rings is 1. The average molecular weight is 539 g/mol. The van der Waals surface area contributed by atoms with Crippen molar-refractivity contribution in [1.82, 2.24) is 14.9 Å². The minimum Gasteiger partial charge on any atom is -0.444 e. The summed E-state index contributed by atoms with van der Waals surface area (Å²) in [5.74, 6) is -0.0567. The van der Waals surface area contributed by atoms with Crippen molar-refractivity contribution < 1.29 is 28.2 Å². The Bertz CT molecular complexity index is 1270. The van der Waals surface area contributed by atoms with Crippen LogP contribution >= 0.6 is 22.7 Å². The summed E-state index contributed by atoms with van der Waals surface area (Å²) in [7, 11) is 0. The second kappa shape index (κ2) is 8.49. The summed E-state index contributed by atoms with van der Waals surface area (Å²) in [6.07, 6.45) is -1.57. The van der Waals surface area contributed by atoms with E-state index >= 15 is 0 Å². The van der Waals surface area contributed by atoms with Gasteiger partial charge in [0.05, 0.1) is 22.3 Å². The standard InChI is InChI=1S/C24H28F2N4O4S2/c1-22(2,3)34-21(31)30-13-10-14(30)12-29(11-13)20-28-17-15(19-27-8-9-35-19)6-7-16(18(17)36-20)33-24(25,26)23(4,5)32/h6-9,13-14,32H,10-12H2,1-5H3. The number of carbonyl (C=O) groups is 1. The van der Waals surface area contributed by atoms with E-state index in [2.05, 4.69) is 9.88 Å². The Kier molecular flexibility index (Phi) is 5.92. The molecule has 36 heavy (non-hydrogen) atoms. The number of ether oxygens (including phenoxy) is 2. The Morgan fingerprint density at radius 1 is 1.17 bits per heavy atom. The van der Waals surface area contributed by atoms with Crippen molar-refractivity contribution in [3.8, 4) is 16.3 Å². The van der Waals surface area contributed by atoms with Gasteiger partial charge in [0.2, 0.25) is 0 Å². The molecule has 3 fully saturated rings. The number of hydrogen-bond acceptors (Lipinski definition) is 9. The molecule has 0 saturated carbocycles.